The van der Waals surface area contributed by atoms with E-state index >= 15 is 0 Å². The van der Waals surface area contributed by atoms with Crippen molar-refractivity contribution in [2.24, 2.45) is 0 Å². The van der Waals surface area contributed by atoms with Gasteiger partial charge in [0.15, 0.2) is 0 Å². The number of benzene rings is 1. The van der Waals surface area contributed by atoms with Gasteiger partial charge in [-0.15, -0.1) is 0 Å². The number of carbonyl (C=O) groups is 1. The second-order valence-corrected chi connectivity index (χ2v) is 7.13. The van der Waals surface area contributed by atoms with E-state index in [9.17, 15) is 13.6 Å². The topological polar surface area (TPSA) is 59.0 Å². The monoisotopic (exact) mass is 380 g/mol. The Morgan fingerprint density at radius 3 is 2.89 bits per heavy atom. The molecular formula is C21H18F2N4O. The molecule has 1 atom stereocenters. The first-order valence-corrected chi connectivity index (χ1v) is 9.28. The van der Waals surface area contributed by atoms with E-state index in [1.807, 2.05) is 30.4 Å². The maximum atomic E-state index is 13.5. The number of carbonyl (C=O) groups excluding carboxylic acids is 1. The Morgan fingerprint density at radius 1 is 1.29 bits per heavy atom. The van der Waals surface area contributed by atoms with Crippen LogP contribution in [-0.2, 0) is 6.42 Å². The van der Waals surface area contributed by atoms with E-state index < -0.39 is 6.43 Å². The largest absolute Gasteiger partial charge is 0.345 e. The number of rotatable bonds is 3. The van der Waals surface area contributed by atoms with Gasteiger partial charge in [0, 0.05) is 5.70 Å². The van der Waals surface area contributed by atoms with Crippen LogP contribution in [0.4, 0.5) is 14.6 Å². The molecule has 0 saturated heterocycles. The maximum absolute atomic E-state index is 13.5. The lowest BCUT2D eigenvalue weighted by Crippen LogP contribution is -2.31. The summed E-state index contributed by atoms with van der Waals surface area (Å²) >= 11 is 0. The van der Waals surface area contributed by atoms with Gasteiger partial charge < -0.3 is 10.6 Å². The normalized spacial score (nSPS) is 19.7. The molecule has 5 rings (SSSR count). The van der Waals surface area contributed by atoms with E-state index in [1.165, 1.54) is 17.8 Å². The van der Waals surface area contributed by atoms with Gasteiger partial charge in [0.05, 0.1) is 12.2 Å². The van der Waals surface area contributed by atoms with Crippen LogP contribution in [0.1, 0.15) is 40.4 Å². The summed E-state index contributed by atoms with van der Waals surface area (Å²) in [5.74, 6) is -0.0466. The number of aryl methyl sites for hydroxylation is 1. The van der Waals surface area contributed by atoms with Gasteiger partial charge in [-0.05, 0) is 42.0 Å². The lowest BCUT2D eigenvalue weighted by Gasteiger charge is -2.26. The van der Waals surface area contributed by atoms with Crippen LogP contribution in [0.3, 0.4) is 0 Å². The summed E-state index contributed by atoms with van der Waals surface area (Å²) in [4.78, 5) is 13.0. The third-order valence-corrected chi connectivity index (χ3v) is 5.35. The Balaban J connectivity index is 1.46. The molecule has 0 bridgehead atoms. The van der Waals surface area contributed by atoms with Gasteiger partial charge in [0.25, 0.3) is 12.3 Å². The highest BCUT2D eigenvalue weighted by atomic mass is 19.3. The minimum Gasteiger partial charge on any atom is -0.345 e. The first-order valence-electron chi connectivity index (χ1n) is 9.28. The molecule has 1 aliphatic heterocycles. The molecule has 142 valence electrons. The van der Waals surface area contributed by atoms with Crippen molar-refractivity contribution in [3.05, 3.63) is 76.7 Å². The number of hydrogen-bond donors (Lipinski definition) is 2. The van der Waals surface area contributed by atoms with Crippen molar-refractivity contribution < 1.29 is 13.6 Å². The molecule has 5 nitrogen and oxygen atoms in total. The Bertz CT molecular complexity index is 1060. The van der Waals surface area contributed by atoms with Crippen molar-refractivity contribution in [1.29, 1.82) is 0 Å². The maximum Gasteiger partial charge on any atom is 0.280 e. The minimum absolute atomic E-state index is 0.0929. The molecule has 0 saturated carbocycles. The quantitative estimate of drug-likeness (QED) is 0.845. The van der Waals surface area contributed by atoms with Crippen molar-refractivity contribution in [3.63, 3.8) is 0 Å². The van der Waals surface area contributed by atoms with Gasteiger partial charge in [-0.3, -0.25) is 4.79 Å². The molecule has 2 aromatic rings. The Morgan fingerprint density at radius 2 is 2.11 bits per heavy atom. The third kappa shape index (κ3) is 2.83. The standard InChI is InChI=1S/C21H18F2N4O/c22-19(23)18-10-17(13-8-9-13)25-20-15(11-24-27(18)20)21(28)26-16-7-3-5-12-4-1-2-6-14(12)16/h1-2,4,6,8-11,16,19,25H,3,5,7H2,(H,26,28). The summed E-state index contributed by atoms with van der Waals surface area (Å²) < 4.78 is 28.1. The van der Waals surface area contributed by atoms with Gasteiger partial charge in [0.1, 0.15) is 17.1 Å². The van der Waals surface area contributed by atoms with Crippen LogP contribution in [0.15, 0.2) is 60.0 Å². The highest BCUT2D eigenvalue weighted by molar-refractivity contribution is 6.00. The van der Waals surface area contributed by atoms with Crippen LogP contribution >= 0.6 is 0 Å². The number of anilines is 1. The number of halogens is 2. The summed E-state index contributed by atoms with van der Waals surface area (Å²) in [6.45, 7) is 0. The summed E-state index contributed by atoms with van der Waals surface area (Å²) in [5.41, 5.74) is 3.77. The van der Waals surface area contributed by atoms with E-state index in [0.29, 0.717) is 5.70 Å². The number of nitrogens with one attached hydrogen (secondary N) is 2. The third-order valence-electron chi connectivity index (χ3n) is 5.35. The number of alkyl halides is 2. The fourth-order valence-electron chi connectivity index (χ4n) is 3.88. The van der Waals surface area contributed by atoms with E-state index in [4.69, 9.17) is 0 Å². The molecular weight excluding hydrogens is 362 g/mol. The number of allylic oxidation sites excluding steroid dienone is 5. The molecule has 1 aromatic carbocycles. The van der Waals surface area contributed by atoms with E-state index in [1.54, 1.807) is 0 Å². The van der Waals surface area contributed by atoms with Crippen molar-refractivity contribution >= 4 is 17.4 Å². The van der Waals surface area contributed by atoms with E-state index in [2.05, 4.69) is 21.8 Å². The zero-order valence-electron chi connectivity index (χ0n) is 15.0. The van der Waals surface area contributed by atoms with Gasteiger partial charge in [-0.1, -0.05) is 36.4 Å². The van der Waals surface area contributed by atoms with Crippen LogP contribution in [-0.4, -0.2) is 22.1 Å². The molecule has 3 aliphatic rings. The van der Waals surface area contributed by atoms with Gasteiger partial charge >= 0.3 is 0 Å². The van der Waals surface area contributed by atoms with Crippen LogP contribution < -0.4 is 10.6 Å². The van der Waals surface area contributed by atoms with Crippen molar-refractivity contribution in [3.8, 4) is 0 Å². The molecule has 1 unspecified atom stereocenters. The van der Waals surface area contributed by atoms with Gasteiger partial charge in [0.2, 0.25) is 0 Å². The smallest absolute Gasteiger partial charge is 0.280 e. The molecule has 0 fully saturated rings. The summed E-state index contributed by atoms with van der Waals surface area (Å²) in [6, 6.07) is 7.99. The number of amides is 1. The van der Waals surface area contributed by atoms with Gasteiger partial charge in [-0.25, -0.2) is 13.5 Å². The SMILES string of the molecule is O=C(NC1CCCc2ccccc21)c1cnn2c1NC(=C1C=C1)C=C2C(F)F. The molecule has 7 heteroatoms. The Kier molecular flexibility index (Phi) is 3.89. The summed E-state index contributed by atoms with van der Waals surface area (Å²) in [7, 11) is 0. The number of fused-ring (bicyclic) bond motifs is 2. The minimum atomic E-state index is -2.70. The summed E-state index contributed by atoms with van der Waals surface area (Å²) in [6.07, 6.45) is 6.51. The lowest BCUT2D eigenvalue weighted by atomic mass is 9.87. The van der Waals surface area contributed by atoms with Crippen molar-refractivity contribution in [2.75, 3.05) is 5.32 Å². The predicted octanol–water partition coefficient (Wildman–Crippen LogP) is 4.05. The molecule has 28 heavy (non-hydrogen) atoms. The zero-order valence-corrected chi connectivity index (χ0v) is 15.0. The van der Waals surface area contributed by atoms with E-state index in [-0.39, 0.29) is 29.0 Å². The predicted molar refractivity (Wildman–Crippen MR) is 102 cm³/mol. The molecule has 2 heterocycles. The zero-order chi connectivity index (χ0) is 19.3. The second kappa shape index (κ2) is 6.44. The number of aromatic nitrogens is 2. The first kappa shape index (κ1) is 16.9. The average molecular weight is 380 g/mol. The fraction of sp³-hybridized carbons (Fsp3) is 0.238. The van der Waals surface area contributed by atoms with Crippen LogP contribution in [0.25, 0.3) is 5.70 Å². The molecule has 1 amide bonds. The molecule has 2 N–H and O–H groups in total. The van der Waals surface area contributed by atoms with Crippen LogP contribution in [0, 0.1) is 0 Å². The lowest BCUT2D eigenvalue weighted by molar-refractivity contribution is 0.0933. The summed E-state index contributed by atoms with van der Waals surface area (Å²) in [5, 5.41) is 10.2. The highest BCUT2D eigenvalue weighted by Crippen LogP contribution is 2.35. The van der Waals surface area contributed by atoms with Gasteiger partial charge in [-0.2, -0.15) is 5.10 Å². The second-order valence-electron chi connectivity index (χ2n) is 7.13. The molecule has 0 spiro atoms. The van der Waals surface area contributed by atoms with Crippen LogP contribution in [0.2, 0.25) is 0 Å². The highest BCUT2D eigenvalue weighted by Gasteiger charge is 2.30. The molecule has 1 aromatic heterocycles. The number of nitrogens with zero attached hydrogens (tertiary/aromatic N) is 2. The number of hydrogen-bond acceptors (Lipinski definition) is 3. The van der Waals surface area contributed by atoms with Crippen molar-refractivity contribution in [2.45, 2.75) is 31.7 Å². The van der Waals surface area contributed by atoms with E-state index in [0.717, 1.165) is 35.1 Å². The molecule has 0 radical (unpaired) electrons. The first-order chi connectivity index (χ1) is 13.6. The Hall–Kier alpha value is -3.22. The van der Waals surface area contributed by atoms with Crippen LogP contribution in [0.5, 0.6) is 0 Å². The molecule has 2 aliphatic carbocycles. The average Bonchev–Trinajstić information content (AvgIpc) is 3.46. The fourth-order valence-corrected chi connectivity index (χ4v) is 3.88. The van der Waals surface area contributed by atoms with Crippen molar-refractivity contribution in [1.82, 2.24) is 15.1 Å². The Labute approximate surface area is 160 Å².